The van der Waals surface area contributed by atoms with E-state index in [1.54, 1.807) is 13.8 Å². The molecule has 0 aromatic carbocycles. The van der Waals surface area contributed by atoms with Crippen molar-refractivity contribution in [3.05, 3.63) is 0 Å². The van der Waals surface area contributed by atoms with Gasteiger partial charge in [-0.25, -0.2) is 4.57 Å². The average Bonchev–Trinajstić information content (AvgIpc) is 2.13. The molecule has 0 rings (SSSR count). The molecular weight excluding hydrogens is 229 g/mol. The van der Waals surface area contributed by atoms with Crippen LogP contribution in [-0.4, -0.2) is 19.3 Å². The lowest BCUT2D eigenvalue weighted by atomic mass is 9.90. The van der Waals surface area contributed by atoms with Gasteiger partial charge in [0, 0.05) is 5.41 Å². The zero-order valence-electron chi connectivity index (χ0n) is 10.5. The van der Waals surface area contributed by atoms with Gasteiger partial charge < -0.3 is 0 Å². The summed E-state index contributed by atoms with van der Waals surface area (Å²) >= 11 is 0. The lowest BCUT2D eigenvalue weighted by molar-refractivity contribution is 0.0587. The van der Waals surface area contributed by atoms with Crippen molar-refractivity contribution in [2.75, 3.05) is 13.2 Å². The molecule has 6 heteroatoms. The number of nitrogens with zero attached hydrogens (tertiary/aromatic N) is 1. The third kappa shape index (κ3) is 5.09. The summed E-state index contributed by atoms with van der Waals surface area (Å²) in [5, 5.41) is 8.95. The lowest BCUT2D eigenvalue weighted by Gasteiger charge is -2.27. The van der Waals surface area contributed by atoms with Gasteiger partial charge in [0.05, 0.1) is 19.3 Å². The van der Waals surface area contributed by atoms with E-state index < -0.39 is 19.3 Å². The Balaban J connectivity index is 4.74. The molecule has 0 aromatic rings. The second-order valence-corrected chi connectivity index (χ2v) is 5.88. The Kier molecular flexibility index (Phi) is 6.20. The van der Waals surface area contributed by atoms with Gasteiger partial charge in [-0.3, -0.25) is 13.6 Å². The van der Waals surface area contributed by atoms with Crippen LogP contribution >= 0.6 is 7.82 Å². The molecule has 0 amide bonds. The van der Waals surface area contributed by atoms with E-state index in [0.717, 1.165) is 0 Å². The topological polar surface area (TPSA) is 68.6 Å². The first-order valence-electron chi connectivity index (χ1n) is 5.26. The van der Waals surface area contributed by atoms with Gasteiger partial charge in [-0.05, 0) is 13.8 Å². The molecule has 1 atom stereocenters. The van der Waals surface area contributed by atoms with Crippen LogP contribution in [0.2, 0.25) is 0 Å². The third-order valence-electron chi connectivity index (χ3n) is 1.71. The monoisotopic (exact) mass is 249 g/mol. The number of rotatable bonds is 6. The summed E-state index contributed by atoms with van der Waals surface area (Å²) in [5.41, 5.74) is -0.446. The van der Waals surface area contributed by atoms with Crippen LogP contribution in [0.15, 0.2) is 0 Å². The third-order valence-corrected chi connectivity index (χ3v) is 3.33. The minimum atomic E-state index is -3.61. The van der Waals surface area contributed by atoms with Crippen molar-refractivity contribution in [1.29, 1.82) is 5.26 Å². The predicted octanol–water partition coefficient (Wildman–Crippen LogP) is 3.12. The van der Waals surface area contributed by atoms with Gasteiger partial charge >= 0.3 is 7.82 Å². The number of phosphoric acid groups is 1. The van der Waals surface area contributed by atoms with E-state index in [0.29, 0.717) is 0 Å². The molecule has 1 unspecified atom stereocenters. The van der Waals surface area contributed by atoms with Gasteiger partial charge in [0.2, 0.25) is 0 Å². The maximum absolute atomic E-state index is 12.0. The van der Waals surface area contributed by atoms with Gasteiger partial charge in [-0.1, -0.05) is 20.8 Å². The molecule has 0 bridgehead atoms. The number of nitriles is 1. The summed E-state index contributed by atoms with van der Waals surface area (Å²) in [6, 6.07) is 1.96. The van der Waals surface area contributed by atoms with Gasteiger partial charge in [0.15, 0.2) is 6.10 Å². The van der Waals surface area contributed by atoms with Crippen LogP contribution in [-0.2, 0) is 18.1 Å². The standard InChI is InChI=1S/C10H20NO4P/c1-6-13-16(12,14-7-2)15-9(8-11)10(3,4)5/h9H,6-7H2,1-5H3. The summed E-state index contributed by atoms with van der Waals surface area (Å²) in [5.74, 6) is 0. The van der Waals surface area contributed by atoms with Crippen LogP contribution in [0.5, 0.6) is 0 Å². The highest BCUT2D eigenvalue weighted by Gasteiger charge is 2.36. The van der Waals surface area contributed by atoms with Crippen LogP contribution < -0.4 is 0 Å². The van der Waals surface area contributed by atoms with Gasteiger partial charge in [-0.15, -0.1) is 0 Å². The number of hydrogen-bond acceptors (Lipinski definition) is 5. The maximum atomic E-state index is 12.0. The minimum Gasteiger partial charge on any atom is -0.287 e. The summed E-state index contributed by atoms with van der Waals surface area (Å²) in [6.07, 6.45) is -0.837. The first kappa shape index (κ1) is 15.6. The fourth-order valence-electron chi connectivity index (χ4n) is 0.919. The molecule has 0 saturated carbocycles. The second kappa shape index (κ2) is 6.36. The molecule has 0 aliphatic heterocycles. The average molecular weight is 249 g/mol. The SMILES string of the molecule is CCOP(=O)(OCC)OC(C#N)C(C)(C)C. The quantitative estimate of drug-likeness (QED) is 0.676. The summed E-state index contributed by atoms with van der Waals surface area (Å²) < 4.78 is 27.1. The van der Waals surface area contributed by atoms with Gasteiger partial charge in [0.1, 0.15) is 0 Å². The second-order valence-electron chi connectivity index (χ2n) is 4.26. The van der Waals surface area contributed by atoms with Crippen LogP contribution in [0.25, 0.3) is 0 Å². The highest BCUT2D eigenvalue weighted by molar-refractivity contribution is 7.48. The molecule has 0 heterocycles. The Morgan fingerprint density at radius 1 is 1.25 bits per heavy atom. The van der Waals surface area contributed by atoms with Crippen LogP contribution in [0, 0.1) is 16.7 Å². The van der Waals surface area contributed by atoms with E-state index in [1.807, 2.05) is 26.8 Å². The molecule has 0 radical (unpaired) electrons. The molecule has 0 aromatic heterocycles. The fourth-order valence-corrected chi connectivity index (χ4v) is 2.37. The van der Waals surface area contributed by atoms with Crippen LogP contribution in [0.3, 0.4) is 0 Å². The van der Waals surface area contributed by atoms with Crippen molar-refractivity contribution in [2.45, 2.75) is 40.7 Å². The molecule has 0 aliphatic carbocycles. The van der Waals surface area contributed by atoms with Gasteiger partial charge in [-0.2, -0.15) is 5.26 Å². The first-order chi connectivity index (χ1) is 7.29. The minimum absolute atomic E-state index is 0.208. The molecule has 0 fully saturated rings. The van der Waals surface area contributed by atoms with Crippen molar-refractivity contribution in [1.82, 2.24) is 0 Å². The molecule has 0 aliphatic rings. The zero-order valence-corrected chi connectivity index (χ0v) is 11.4. The first-order valence-corrected chi connectivity index (χ1v) is 6.72. The van der Waals surface area contributed by atoms with Crippen molar-refractivity contribution >= 4 is 7.82 Å². The normalized spacial score (nSPS) is 14.5. The van der Waals surface area contributed by atoms with Crippen molar-refractivity contribution in [3.8, 4) is 6.07 Å². The van der Waals surface area contributed by atoms with E-state index in [9.17, 15) is 4.57 Å². The van der Waals surface area contributed by atoms with Crippen LogP contribution in [0.1, 0.15) is 34.6 Å². The summed E-state index contributed by atoms with van der Waals surface area (Å²) in [6.45, 7) is 9.26. The van der Waals surface area contributed by atoms with Crippen molar-refractivity contribution < 1.29 is 18.1 Å². The van der Waals surface area contributed by atoms with E-state index in [1.165, 1.54) is 0 Å². The van der Waals surface area contributed by atoms with Crippen molar-refractivity contribution in [3.63, 3.8) is 0 Å². The smallest absolute Gasteiger partial charge is 0.287 e. The Hall–Kier alpha value is -0.400. The van der Waals surface area contributed by atoms with E-state index in [2.05, 4.69) is 0 Å². The Morgan fingerprint density at radius 2 is 1.69 bits per heavy atom. The Bertz CT molecular complexity index is 282. The van der Waals surface area contributed by atoms with Crippen LogP contribution in [0.4, 0.5) is 0 Å². The van der Waals surface area contributed by atoms with E-state index >= 15 is 0 Å². The lowest BCUT2D eigenvalue weighted by Crippen LogP contribution is -2.27. The molecule has 94 valence electrons. The summed E-state index contributed by atoms with van der Waals surface area (Å²) in [4.78, 5) is 0. The highest BCUT2D eigenvalue weighted by Crippen LogP contribution is 2.52. The number of hydrogen-bond donors (Lipinski definition) is 0. The molecule has 16 heavy (non-hydrogen) atoms. The Morgan fingerprint density at radius 3 is 1.94 bits per heavy atom. The largest absolute Gasteiger partial charge is 0.476 e. The zero-order chi connectivity index (χ0) is 12.8. The van der Waals surface area contributed by atoms with E-state index in [4.69, 9.17) is 18.8 Å². The molecule has 0 saturated heterocycles. The molecule has 5 nitrogen and oxygen atoms in total. The van der Waals surface area contributed by atoms with Crippen molar-refractivity contribution in [2.24, 2.45) is 5.41 Å². The van der Waals surface area contributed by atoms with E-state index in [-0.39, 0.29) is 13.2 Å². The maximum Gasteiger partial charge on any atom is 0.476 e. The van der Waals surface area contributed by atoms with Gasteiger partial charge in [0.25, 0.3) is 0 Å². The molecule has 0 N–H and O–H groups in total. The Labute approximate surface area is 97.3 Å². The fraction of sp³-hybridized carbons (Fsp3) is 0.900. The predicted molar refractivity (Wildman–Crippen MR) is 60.8 cm³/mol. The highest BCUT2D eigenvalue weighted by atomic mass is 31.2. The number of phosphoric ester groups is 1. The summed E-state index contributed by atoms with van der Waals surface area (Å²) in [7, 11) is -3.61. The molecule has 0 spiro atoms. The molecular formula is C10H20NO4P.